The van der Waals surface area contributed by atoms with Gasteiger partial charge in [0.1, 0.15) is 11.6 Å². The van der Waals surface area contributed by atoms with Crippen molar-refractivity contribution in [2.24, 2.45) is 0 Å². The molecule has 0 radical (unpaired) electrons. The molecular weight excluding hydrogens is 424 g/mol. The molecular formula is C24H28N4O5. The summed E-state index contributed by atoms with van der Waals surface area (Å²) in [5, 5.41) is 11.1. The van der Waals surface area contributed by atoms with Gasteiger partial charge in [0.05, 0.1) is 35.5 Å². The fraction of sp³-hybridized carbons (Fsp3) is 0.375. The van der Waals surface area contributed by atoms with Gasteiger partial charge in [0, 0.05) is 12.7 Å². The molecule has 9 heteroatoms. The largest absolute Gasteiger partial charge is 0.507 e. The first-order valence-electron chi connectivity index (χ1n) is 10.6. The molecule has 1 amide bonds. The lowest BCUT2D eigenvalue weighted by molar-refractivity contribution is -0.139. The molecule has 1 aliphatic rings. The second-order valence-electron chi connectivity index (χ2n) is 8.18. The molecule has 1 saturated heterocycles. The van der Waals surface area contributed by atoms with Gasteiger partial charge in [-0.05, 0) is 58.6 Å². The van der Waals surface area contributed by atoms with E-state index in [4.69, 9.17) is 4.74 Å². The highest BCUT2D eigenvalue weighted by Gasteiger charge is 2.46. The van der Waals surface area contributed by atoms with Gasteiger partial charge in [-0.1, -0.05) is 12.1 Å². The summed E-state index contributed by atoms with van der Waals surface area (Å²) >= 11 is 0. The van der Waals surface area contributed by atoms with Crippen molar-refractivity contribution in [3.05, 3.63) is 64.2 Å². The van der Waals surface area contributed by atoms with Gasteiger partial charge in [0.2, 0.25) is 0 Å². The van der Waals surface area contributed by atoms with E-state index in [-0.39, 0.29) is 11.3 Å². The molecule has 9 nitrogen and oxygen atoms in total. The number of rotatable bonds is 7. The first-order valence-corrected chi connectivity index (χ1v) is 10.6. The van der Waals surface area contributed by atoms with Gasteiger partial charge in [0.15, 0.2) is 0 Å². The van der Waals surface area contributed by atoms with E-state index in [0.29, 0.717) is 41.2 Å². The van der Waals surface area contributed by atoms with Crippen molar-refractivity contribution in [2.75, 3.05) is 34.3 Å². The van der Waals surface area contributed by atoms with Gasteiger partial charge in [-0.2, -0.15) is 0 Å². The number of ether oxygens (including phenoxy) is 1. The Morgan fingerprint density at radius 1 is 1.18 bits per heavy atom. The topological polar surface area (TPSA) is 113 Å². The number of aromatic nitrogens is 2. The van der Waals surface area contributed by atoms with Gasteiger partial charge >= 0.3 is 5.97 Å². The number of carbonyl (C=O) groups excluding carboxylic acids is 3. The number of hydrogen-bond acceptors (Lipinski definition) is 8. The maximum Gasteiger partial charge on any atom is 0.337 e. The highest BCUT2D eigenvalue weighted by molar-refractivity contribution is 6.46. The lowest BCUT2D eigenvalue weighted by Crippen LogP contribution is -2.32. The van der Waals surface area contributed by atoms with Crippen LogP contribution in [-0.2, 0) is 14.3 Å². The van der Waals surface area contributed by atoms with Crippen LogP contribution in [0.3, 0.4) is 0 Å². The smallest absolute Gasteiger partial charge is 0.337 e. The number of aliphatic hydroxyl groups excluding tert-OH is 1. The van der Waals surface area contributed by atoms with Gasteiger partial charge < -0.3 is 19.6 Å². The Morgan fingerprint density at radius 3 is 2.42 bits per heavy atom. The van der Waals surface area contributed by atoms with E-state index >= 15 is 0 Å². The Hall–Kier alpha value is -3.59. The fourth-order valence-corrected chi connectivity index (χ4v) is 3.89. The number of nitrogens with zero attached hydrogens (tertiary/aromatic N) is 4. The van der Waals surface area contributed by atoms with Gasteiger partial charge in [-0.15, -0.1) is 0 Å². The molecule has 1 aromatic heterocycles. The summed E-state index contributed by atoms with van der Waals surface area (Å²) in [6, 6.07) is 5.66. The van der Waals surface area contributed by atoms with Gasteiger partial charge in [-0.25, -0.2) is 14.8 Å². The number of methoxy groups -OCH3 is 1. The molecule has 3 rings (SSSR count). The number of aliphatic hydroxyl groups is 1. The number of amides is 1. The van der Waals surface area contributed by atoms with Crippen molar-refractivity contribution in [1.29, 1.82) is 0 Å². The van der Waals surface area contributed by atoms with Crippen LogP contribution in [0.15, 0.2) is 36.0 Å². The van der Waals surface area contributed by atoms with Crippen LogP contribution >= 0.6 is 0 Å². The van der Waals surface area contributed by atoms with Crippen LogP contribution < -0.4 is 0 Å². The van der Waals surface area contributed by atoms with Crippen LogP contribution in [0.4, 0.5) is 0 Å². The molecule has 1 N–H and O–H groups in total. The van der Waals surface area contributed by atoms with Crippen molar-refractivity contribution in [3.8, 4) is 0 Å². The minimum atomic E-state index is -0.806. The molecule has 0 spiro atoms. The zero-order valence-corrected chi connectivity index (χ0v) is 19.5. The molecule has 0 aliphatic carbocycles. The predicted octanol–water partition coefficient (Wildman–Crippen LogP) is 2.25. The van der Waals surface area contributed by atoms with Gasteiger partial charge in [0.25, 0.3) is 11.7 Å². The summed E-state index contributed by atoms with van der Waals surface area (Å²) in [5.74, 6) is -1.72. The van der Waals surface area contributed by atoms with Crippen LogP contribution in [0.1, 0.15) is 45.5 Å². The third-order valence-electron chi connectivity index (χ3n) is 5.55. The standard InChI is InChI=1S/C24H28N4O5/c1-14-18(13-25-15(2)26-14)21(29)19-20(16-7-9-17(10-8-16)24(32)33-5)28(23(31)22(19)30)12-6-11-27(3)4/h7-10,13,20,29H,6,11-12H2,1-5H3/b21-19+. The summed E-state index contributed by atoms with van der Waals surface area (Å²) in [5.41, 5.74) is 1.71. The summed E-state index contributed by atoms with van der Waals surface area (Å²) in [6.45, 7) is 4.48. The van der Waals surface area contributed by atoms with Crippen molar-refractivity contribution in [1.82, 2.24) is 19.8 Å². The molecule has 1 unspecified atom stereocenters. The van der Waals surface area contributed by atoms with Crippen molar-refractivity contribution >= 4 is 23.4 Å². The second-order valence-corrected chi connectivity index (χ2v) is 8.18. The van der Waals surface area contributed by atoms with Gasteiger partial charge in [-0.3, -0.25) is 9.59 Å². The molecule has 1 fully saturated rings. The normalized spacial score (nSPS) is 17.6. The third kappa shape index (κ3) is 4.93. The van der Waals surface area contributed by atoms with Crippen molar-refractivity contribution in [2.45, 2.75) is 26.3 Å². The SMILES string of the molecule is COC(=O)c1ccc(C2/C(=C(\O)c3cnc(C)nc3C)C(=O)C(=O)N2CCCN(C)C)cc1. The minimum Gasteiger partial charge on any atom is -0.507 e. The minimum absolute atomic E-state index is 0.0220. The number of benzene rings is 1. The van der Waals surface area contributed by atoms with Crippen LogP contribution in [0.5, 0.6) is 0 Å². The Kier molecular flexibility index (Phi) is 7.23. The zero-order chi connectivity index (χ0) is 24.3. The molecule has 33 heavy (non-hydrogen) atoms. The first-order chi connectivity index (χ1) is 15.6. The number of aryl methyl sites for hydroxylation is 2. The molecule has 1 atom stereocenters. The number of likely N-dealkylation sites (tertiary alicyclic amines) is 1. The van der Waals surface area contributed by atoms with E-state index in [0.717, 1.165) is 6.54 Å². The maximum atomic E-state index is 13.1. The Bertz CT molecular complexity index is 1110. The third-order valence-corrected chi connectivity index (χ3v) is 5.55. The van der Waals surface area contributed by atoms with Crippen LogP contribution in [-0.4, -0.2) is 76.8 Å². The fourth-order valence-electron chi connectivity index (χ4n) is 3.89. The summed E-state index contributed by atoms with van der Waals surface area (Å²) < 4.78 is 4.75. The van der Waals surface area contributed by atoms with E-state index in [1.807, 2.05) is 19.0 Å². The average molecular weight is 453 g/mol. The van der Waals surface area contributed by atoms with Crippen LogP contribution in [0, 0.1) is 13.8 Å². The lowest BCUT2D eigenvalue weighted by Gasteiger charge is -2.26. The predicted molar refractivity (Wildman–Crippen MR) is 121 cm³/mol. The molecule has 2 aromatic rings. The van der Waals surface area contributed by atoms with Crippen LogP contribution in [0.2, 0.25) is 0 Å². The highest BCUT2D eigenvalue weighted by Crippen LogP contribution is 2.39. The molecule has 2 heterocycles. The average Bonchev–Trinajstić information content (AvgIpc) is 3.03. The molecule has 1 aromatic carbocycles. The number of carbonyl (C=O) groups is 3. The molecule has 0 saturated carbocycles. The molecule has 174 valence electrons. The van der Waals surface area contributed by atoms with Crippen LogP contribution in [0.25, 0.3) is 5.76 Å². The number of hydrogen-bond donors (Lipinski definition) is 1. The van der Waals surface area contributed by atoms with E-state index in [1.54, 1.807) is 38.1 Å². The summed E-state index contributed by atoms with van der Waals surface area (Å²) in [4.78, 5) is 49.7. The maximum absolute atomic E-state index is 13.1. The molecule has 0 bridgehead atoms. The Labute approximate surface area is 192 Å². The molecule has 1 aliphatic heterocycles. The summed E-state index contributed by atoms with van der Waals surface area (Å²) in [6.07, 6.45) is 2.09. The Morgan fingerprint density at radius 2 is 1.85 bits per heavy atom. The zero-order valence-electron chi connectivity index (χ0n) is 19.5. The van der Waals surface area contributed by atoms with E-state index in [9.17, 15) is 19.5 Å². The quantitative estimate of drug-likeness (QED) is 0.295. The number of esters is 1. The van der Waals surface area contributed by atoms with E-state index in [1.165, 1.54) is 18.2 Å². The van der Waals surface area contributed by atoms with Crippen molar-refractivity contribution in [3.63, 3.8) is 0 Å². The Balaban J connectivity index is 2.12. The van der Waals surface area contributed by atoms with Crippen molar-refractivity contribution < 1.29 is 24.2 Å². The first kappa shape index (κ1) is 24.1. The van der Waals surface area contributed by atoms with E-state index < -0.39 is 23.7 Å². The lowest BCUT2D eigenvalue weighted by atomic mass is 9.94. The number of ketones is 1. The van der Waals surface area contributed by atoms with E-state index in [2.05, 4.69) is 9.97 Å². The highest BCUT2D eigenvalue weighted by atomic mass is 16.5. The monoisotopic (exact) mass is 452 g/mol. The second kappa shape index (κ2) is 9.91. The summed E-state index contributed by atoms with van der Waals surface area (Å²) in [7, 11) is 5.15. The number of Topliss-reactive ketones (excluding diaryl/α,β-unsaturated/α-hetero) is 1.